The number of ether oxygens (including phenoxy) is 5. The zero-order valence-electron chi connectivity index (χ0n) is 22.9. The van der Waals surface area contributed by atoms with Gasteiger partial charge in [-0.1, -0.05) is 30.4 Å². The second-order valence-corrected chi connectivity index (χ2v) is 8.59. The topological polar surface area (TPSA) is 80.2 Å². The van der Waals surface area contributed by atoms with E-state index in [4.69, 9.17) is 23.7 Å². The lowest BCUT2D eigenvalue weighted by Crippen LogP contribution is -2.11. The van der Waals surface area contributed by atoms with Gasteiger partial charge in [0.2, 0.25) is 11.7 Å². The van der Waals surface area contributed by atoms with Crippen LogP contribution < -0.4 is 29.0 Å². The predicted octanol–water partition coefficient (Wildman–Crippen LogP) is 6.04. The molecule has 0 saturated heterocycles. The van der Waals surface area contributed by atoms with Gasteiger partial charge in [-0.2, -0.15) is 0 Å². The Morgan fingerprint density at radius 3 is 2.05 bits per heavy atom. The quantitative estimate of drug-likeness (QED) is 0.200. The zero-order valence-corrected chi connectivity index (χ0v) is 22.9. The van der Waals surface area contributed by atoms with E-state index in [0.29, 0.717) is 40.0 Å². The molecule has 1 heterocycles. The van der Waals surface area contributed by atoms with Gasteiger partial charge in [0.1, 0.15) is 0 Å². The Labute approximate surface area is 228 Å². The summed E-state index contributed by atoms with van der Waals surface area (Å²) in [6, 6.07) is 15.4. The van der Waals surface area contributed by atoms with Crippen molar-refractivity contribution in [3.63, 3.8) is 0 Å². The van der Waals surface area contributed by atoms with Gasteiger partial charge >= 0.3 is 0 Å². The molecule has 202 valence electrons. The van der Waals surface area contributed by atoms with Crippen LogP contribution >= 0.6 is 0 Å². The van der Waals surface area contributed by atoms with Crippen molar-refractivity contribution in [2.24, 2.45) is 7.05 Å². The second-order valence-electron chi connectivity index (χ2n) is 8.59. The molecule has 0 unspecified atom stereocenters. The summed E-state index contributed by atoms with van der Waals surface area (Å²) < 4.78 is 29.5. The first-order valence-electron chi connectivity index (χ1n) is 12.2. The first kappa shape index (κ1) is 27.2. The summed E-state index contributed by atoms with van der Waals surface area (Å²) >= 11 is 0. The van der Waals surface area contributed by atoms with E-state index in [-0.39, 0.29) is 5.91 Å². The fourth-order valence-corrected chi connectivity index (χ4v) is 4.43. The van der Waals surface area contributed by atoms with Crippen molar-refractivity contribution in [2.75, 3.05) is 40.9 Å². The van der Waals surface area contributed by atoms with Crippen LogP contribution in [0.1, 0.15) is 16.7 Å². The number of hydrogen-bond acceptors (Lipinski definition) is 6. The summed E-state index contributed by atoms with van der Waals surface area (Å²) in [6.07, 6.45) is 9.05. The lowest BCUT2D eigenvalue weighted by molar-refractivity contribution is -0.111. The summed E-state index contributed by atoms with van der Waals surface area (Å²) in [6.45, 7) is 0. The summed E-state index contributed by atoms with van der Waals surface area (Å²) in [5.74, 6) is 2.19. The number of anilines is 1. The molecule has 0 atom stereocenters. The maximum atomic E-state index is 13.1. The van der Waals surface area contributed by atoms with E-state index >= 15 is 0 Å². The Kier molecular flexibility index (Phi) is 8.46. The van der Waals surface area contributed by atoms with Gasteiger partial charge in [-0.15, -0.1) is 0 Å². The number of para-hydroxylation sites is 1. The Morgan fingerprint density at radius 2 is 1.41 bits per heavy atom. The van der Waals surface area contributed by atoms with E-state index < -0.39 is 0 Å². The first-order chi connectivity index (χ1) is 18.9. The number of fused-ring (bicyclic) bond motifs is 1. The second kappa shape index (κ2) is 12.1. The molecule has 0 aliphatic carbocycles. The molecular weight excluding hydrogens is 496 g/mol. The normalized spacial score (nSPS) is 11.2. The highest BCUT2D eigenvalue weighted by molar-refractivity contribution is 6.06. The van der Waals surface area contributed by atoms with Crippen LogP contribution in [0.5, 0.6) is 28.7 Å². The Bertz CT molecular complexity index is 1530. The maximum absolute atomic E-state index is 13.1. The Morgan fingerprint density at radius 1 is 0.744 bits per heavy atom. The van der Waals surface area contributed by atoms with Gasteiger partial charge in [0.15, 0.2) is 23.0 Å². The summed E-state index contributed by atoms with van der Waals surface area (Å²) in [5.41, 5.74) is 4.04. The van der Waals surface area contributed by atoms with E-state index in [1.807, 2.05) is 72.4 Å². The molecule has 39 heavy (non-hydrogen) atoms. The highest BCUT2D eigenvalue weighted by Gasteiger charge is 2.16. The Balaban J connectivity index is 1.68. The van der Waals surface area contributed by atoms with Gasteiger partial charge in [-0.25, -0.2) is 0 Å². The number of amides is 1. The van der Waals surface area contributed by atoms with Crippen molar-refractivity contribution in [3.05, 3.63) is 77.5 Å². The third-order valence-corrected chi connectivity index (χ3v) is 6.31. The first-order valence-corrected chi connectivity index (χ1v) is 12.2. The maximum Gasteiger partial charge on any atom is 0.248 e. The van der Waals surface area contributed by atoms with E-state index in [0.717, 1.165) is 22.0 Å². The van der Waals surface area contributed by atoms with Crippen molar-refractivity contribution in [2.45, 2.75) is 0 Å². The van der Waals surface area contributed by atoms with Crippen LogP contribution in [0, 0.1) is 0 Å². The van der Waals surface area contributed by atoms with Gasteiger partial charge in [0.25, 0.3) is 0 Å². The fraction of sp³-hybridized carbons (Fsp3) is 0.194. The van der Waals surface area contributed by atoms with Crippen molar-refractivity contribution < 1.29 is 28.5 Å². The summed E-state index contributed by atoms with van der Waals surface area (Å²) in [7, 11) is 9.76. The molecule has 0 bridgehead atoms. The fourth-order valence-electron chi connectivity index (χ4n) is 4.43. The molecule has 8 nitrogen and oxygen atoms in total. The third-order valence-electron chi connectivity index (χ3n) is 6.31. The number of hydrogen-bond donors (Lipinski definition) is 1. The van der Waals surface area contributed by atoms with Crippen LogP contribution in [0.15, 0.2) is 60.8 Å². The molecule has 1 amide bonds. The van der Waals surface area contributed by atoms with E-state index in [1.54, 1.807) is 40.6 Å². The molecular formula is C31H32N2O6. The van der Waals surface area contributed by atoms with Crippen LogP contribution in [-0.2, 0) is 11.8 Å². The number of benzene rings is 3. The highest BCUT2D eigenvalue weighted by Crippen LogP contribution is 2.41. The molecule has 8 heteroatoms. The summed E-state index contributed by atoms with van der Waals surface area (Å²) in [4.78, 5) is 13.1. The van der Waals surface area contributed by atoms with E-state index in [9.17, 15) is 4.79 Å². The molecule has 3 aromatic carbocycles. The number of aromatic nitrogens is 1. The van der Waals surface area contributed by atoms with Crippen LogP contribution in [0.2, 0.25) is 0 Å². The van der Waals surface area contributed by atoms with Crippen LogP contribution in [0.4, 0.5) is 5.69 Å². The lowest BCUT2D eigenvalue weighted by Gasteiger charge is -2.16. The SMILES string of the molecule is COc1cc(/C=C/c2ccc(OC)c(OC)c2NC(=O)/C=C/c2cn(C)c3ccccc23)cc(OC)c1OC. The zero-order chi connectivity index (χ0) is 27.9. The van der Waals surface area contributed by atoms with Gasteiger partial charge in [0.05, 0.1) is 41.2 Å². The Hall–Kier alpha value is -4.85. The summed E-state index contributed by atoms with van der Waals surface area (Å²) in [5, 5.41) is 4.04. The van der Waals surface area contributed by atoms with E-state index in [1.165, 1.54) is 13.2 Å². The number of methoxy groups -OCH3 is 5. The van der Waals surface area contributed by atoms with Crippen LogP contribution in [-0.4, -0.2) is 46.0 Å². The molecule has 0 radical (unpaired) electrons. The predicted molar refractivity (Wildman–Crippen MR) is 155 cm³/mol. The average Bonchev–Trinajstić information content (AvgIpc) is 3.29. The van der Waals surface area contributed by atoms with Crippen molar-refractivity contribution in [1.82, 2.24) is 4.57 Å². The molecule has 0 aliphatic rings. The monoisotopic (exact) mass is 528 g/mol. The van der Waals surface area contributed by atoms with Gasteiger partial charge in [-0.3, -0.25) is 4.79 Å². The number of nitrogens with zero attached hydrogens (tertiary/aromatic N) is 1. The molecule has 0 fully saturated rings. The number of aryl methyl sites for hydroxylation is 1. The van der Waals surface area contributed by atoms with Gasteiger partial charge < -0.3 is 33.6 Å². The van der Waals surface area contributed by atoms with Gasteiger partial charge in [0, 0.05) is 41.4 Å². The minimum atomic E-state index is -0.308. The number of carbonyl (C=O) groups is 1. The smallest absolute Gasteiger partial charge is 0.248 e. The number of carbonyl (C=O) groups excluding carboxylic acids is 1. The van der Waals surface area contributed by atoms with Crippen LogP contribution in [0.3, 0.4) is 0 Å². The van der Waals surface area contributed by atoms with Crippen molar-refractivity contribution in [3.8, 4) is 28.7 Å². The average molecular weight is 529 g/mol. The molecule has 1 aromatic heterocycles. The molecule has 1 N–H and O–H groups in total. The highest BCUT2D eigenvalue weighted by atomic mass is 16.5. The molecule has 0 aliphatic heterocycles. The molecule has 0 spiro atoms. The van der Waals surface area contributed by atoms with Crippen molar-refractivity contribution >= 4 is 40.7 Å². The van der Waals surface area contributed by atoms with E-state index in [2.05, 4.69) is 5.32 Å². The lowest BCUT2D eigenvalue weighted by atomic mass is 10.1. The minimum Gasteiger partial charge on any atom is -0.493 e. The molecule has 4 aromatic rings. The molecule has 0 saturated carbocycles. The number of rotatable bonds is 10. The van der Waals surface area contributed by atoms with Crippen LogP contribution in [0.25, 0.3) is 29.1 Å². The minimum absolute atomic E-state index is 0.308. The molecule has 4 rings (SSSR count). The number of nitrogens with one attached hydrogen (secondary N) is 1. The third kappa shape index (κ3) is 5.70. The van der Waals surface area contributed by atoms with Crippen molar-refractivity contribution in [1.29, 1.82) is 0 Å². The largest absolute Gasteiger partial charge is 0.493 e. The van der Waals surface area contributed by atoms with Gasteiger partial charge in [-0.05, 0) is 42.0 Å². The standard InChI is InChI=1S/C31H32N2O6/c1-33-19-22(23-9-7-8-10-24(23)33)14-16-28(34)32-29-21(13-15-25(35-2)31(29)39-6)12-11-20-17-26(36-3)30(38-5)27(18-20)37-4/h7-19H,1-6H3,(H,32,34)/b12-11+,16-14+.